The van der Waals surface area contributed by atoms with E-state index in [4.69, 9.17) is 4.74 Å². The van der Waals surface area contributed by atoms with E-state index in [1.807, 2.05) is 36.4 Å². The van der Waals surface area contributed by atoms with Gasteiger partial charge >= 0.3 is 17.9 Å². The van der Waals surface area contributed by atoms with E-state index >= 15 is 0 Å². The maximum Gasteiger partial charge on any atom is 0.338 e. The maximum absolute atomic E-state index is 10.8. The number of cyclic esters (lactones) is 2. The molecule has 0 aliphatic carbocycles. The van der Waals surface area contributed by atoms with Gasteiger partial charge in [0.05, 0.1) is 6.61 Å². The van der Waals surface area contributed by atoms with E-state index in [0.29, 0.717) is 12.5 Å². The molecule has 1 aromatic carbocycles. The fourth-order valence-electron chi connectivity index (χ4n) is 2.05. The van der Waals surface area contributed by atoms with Crippen LogP contribution in [0.3, 0.4) is 0 Å². The van der Waals surface area contributed by atoms with Gasteiger partial charge in [0.15, 0.2) is 0 Å². The Morgan fingerprint density at radius 2 is 1.71 bits per heavy atom. The Labute approximate surface area is 167 Å². The molecule has 1 aromatic rings. The van der Waals surface area contributed by atoms with Crippen LogP contribution >= 0.6 is 0 Å². The monoisotopic (exact) mass is 386 g/mol. The summed E-state index contributed by atoms with van der Waals surface area (Å²) in [4.78, 5) is 30.6. The molecule has 0 radical (unpaired) electrons. The van der Waals surface area contributed by atoms with Gasteiger partial charge in [0.2, 0.25) is 0 Å². The molecule has 1 unspecified atom stereocenters. The van der Waals surface area contributed by atoms with Gasteiger partial charge in [0.1, 0.15) is 0 Å². The van der Waals surface area contributed by atoms with Gasteiger partial charge in [-0.2, -0.15) is 0 Å². The highest BCUT2D eigenvalue weighted by molar-refractivity contribution is 6.04. The summed E-state index contributed by atoms with van der Waals surface area (Å²) in [5, 5.41) is 0. The van der Waals surface area contributed by atoms with Crippen molar-refractivity contribution in [1.29, 1.82) is 0 Å². The second-order valence-corrected chi connectivity index (χ2v) is 5.94. The number of rotatable bonds is 8. The summed E-state index contributed by atoms with van der Waals surface area (Å²) in [5.41, 5.74) is 1.17. The Hall–Kier alpha value is -2.95. The molecule has 1 aliphatic rings. The minimum Gasteiger partial charge on any atom is -0.462 e. The van der Waals surface area contributed by atoms with Crippen molar-refractivity contribution in [2.75, 3.05) is 6.61 Å². The average molecular weight is 386 g/mol. The number of ether oxygens (including phenoxy) is 2. The van der Waals surface area contributed by atoms with Crippen molar-refractivity contribution in [2.45, 2.75) is 39.5 Å². The number of hydrogen-bond acceptors (Lipinski definition) is 5. The van der Waals surface area contributed by atoms with Crippen LogP contribution in [0.1, 0.15) is 45.1 Å². The van der Waals surface area contributed by atoms with E-state index in [-0.39, 0.29) is 5.97 Å². The molecular weight excluding hydrogens is 356 g/mol. The van der Waals surface area contributed by atoms with Gasteiger partial charge in [0.25, 0.3) is 0 Å². The van der Waals surface area contributed by atoms with Crippen LogP contribution in [0.4, 0.5) is 0 Å². The number of carbonyl (C=O) groups excluding carboxylic acids is 3. The molecule has 5 heteroatoms. The van der Waals surface area contributed by atoms with Crippen molar-refractivity contribution in [3.05, 3.63) is 67.3 Å². The molecule has 0 bridgehead atoms. The summed E-state index contributed by atoms with van der Waals surface area (Å²) in [6.07, 6.45) is 9.86. The van der Waals surface area contributed by atoms with Crippen LogP contribution in [0, 0.1) is 5.92 Å². The zero-order valence-corrected chi connectivity index (χ0v) is 16.8. The molecule has 5 nitrogen and oxygen atoms in total. The van der Waals surface area contributed by atoms with Crippen LogP contribution in [0.5, 0.6) is 0 Å². The molecule has 1 heterocycles. The first-order valence-electron chi connectivity index (χ1n) is 9.37. The summed E-state index contributed by atoms with van der Waals surface area (Å²) in [6, 6.07) is 10.0. The van der Waals surface area contributed by atoms with Gasteiger partial charge in [-0.3, -0.25) is 0 Å². The largest absolute Gasteiger partial charge is 0.462 e. The first-order valence-corrected chi connectivity index (χ1v) is 9.37. The summed E-state index contributed by atoms with van der Waals surface area (Å²) in [7, 11) is 0. The lowest BCUT2D eigenvalue weighted by Crippen LogP contribution is -2.12. The Balaban J connectivity index is 0.000000414. The third kappa shape index (κ3) is 13.3. The number of unbranched alkanes of at least 4 members (excludes halogenated alkanes) is 1. The van der Waals surface area contributed by atoms with Gasteiger partial charge in [-0.15, -0.1) is 0 Å². The zero-order chi connectivity index (χ0) is 21.2. The van der Waals surface area contributed by atoms with Crippen LogP contribution in [0.15, 0.2) is 61.7 Å². The predicted octanol–water partition coefficient (Wildman–Crippen LogP) is 4.89. The Morgan fingerprint density at radius 3 is 2.07 bits per heavy atom. The topological polar surface area (TPSA) is 69.7 Å². The maximum atomic E-state index is 10.8. The Morgan fingerprint density at radius 1 is 1.11 bits per heavy atom. The number of benzene rings is 1. The van der Waals surface area contributed by atoms with Crippen molar-refractivity contribution in [1.82, 2.24) is 0 Å². The fraction of sp³-hybridized carbons (Fsp3) is 0.348. The van der Waals surface area contributed by atoms with Crippen molar-refractivity contribution in [2.24, 2.45) is 5.92 Å². The molecule has 0 N–H and O–H groups in total. The molecule has 0 aromatic heterocycles. The molecule has 0 fully saturated rings. The van der Waals surface area contributed by atoms with Crippen molar-refractivity contribution >= 4 is 24.0 Å². The molecular formula is C23H30O5. The van der Waals surface area contributed by atoms with E-state index in [1.54, 1.807) is 0 Å². The normalized spacial score (nSPS) is 12.5. The van der Waals surface area contributed by atoms with E-state index in [9.17, 15) is 14.4 Å². The van der Waals surface area contributed by atoms with E-state index < -0.39 is 11.9 Å². The molecule has 1 aliphatic heterocycles. The number of esters is 3. The summed E-state index contributed by atoms with van der Waals surface area (Å²) in [5.74, 6) is -0.950. The van der Waals surface area contributed by atoms with Crippen molar-refractivity contribution in [3.8, 4) is 0 Å². The quantitative estimate of drug-likeness (QED) is 0.361. The fourth-order valence-corrected chi connectivity index (χ4v) is 2.05. The molecule has 152 valence electrons. The van der Waals surface area contributed by atoms with Gasteiger partial charge in [0, 0.05) is 18.2 Å². The highest BCUT2D eigenvalue weighted by Crippen LogP contribution is 2.12. The number of hydrogen-bond donors (Lipinski definition) is 0. The summed E-state index contributed by atoms with van der Waals surface area (Å²) >= 11 is 0. The second kappa shape index (κ2) is 16.2. The van der Waals surface area contributed by atoms with Gasteiger partial charge in [-0.05, 0) is 17.9 Å². The SMILES string of the molecule is C=CC(=O)OCC(CC)CCCC.C=Cc1ccccc1.O=C1C=CC(=O)O1. The molecule has 1 atom stereocenters. The second-order valence-electron chi connectivity index (χ2n) is 5.94. The van der Waals surface area contributed by atoms with Crippen LogP contribution in [0.25, 0.3) is 6.08 Å². The van der Waals surface area contributed by atoms with Gasteiger partial charge < -0.3 is 9.47 Å². The molecule has 0 saturated heterocycles. The van der Waals surface area contributed by atoms with Gasteiger partial charge in [-0.1, -0.05) is 82.7 Å². The first kappa shape index (κ1) is 25.1. The van der Waals surface area contributed by atoms with Crippen molar-refractivity contribution in [3.63, 3.8) is 0 Å². The molecule has 28 heavy (non-hydrogen) atoms. The third-order valence-electron chi connectivity index (χ3n) is 3.76. The van der Waals surface area contributed by atoms with E-state index in [2.05, 4.69) is 31.7 Å². The average Bonchev–Trinajstić information content (AvgIpc) is 3.12. The highest BCUT2D eigenvalue weighted by atomic mass is 16.6. The first-order chi connectivity index (χ1) is 13.5. The molecule has 2 rings (SSSR count). The zero-order valence-electron chi connectivity index (χ0n) is 16.8. The lowest BCUT2D eigenvalue weighted by atomic mass is 10.0. The van der Waals surface area contributed by atoms with Crippen molar-refractivity contribution < 1.29 is 23.9 Å². The molecule has 0 spiro atoms. The molecule has 0 amide bonds. The summed E-state index contributed by atoms with van der Waals surface area (Å²) in [6.45, 7) is 11.8. The molecule has 0 saturated carbocycles. The summed E-state index contributed by atoms with van der Waals surface area (Å²) < 4.78 is 8.96. The van der Waals surface area contributed by atoms with Gasteiger partial charge in [-0.25, -0.2) is 14.4 Å². The van der Waals surface area contributed by atoms with Crippen LogP contribution < -0.4 is 0 Å². The lowest BCUT2D eigenvalue weighted by molar-refractivity contribution is -0.150. The number of carbonyl (C=O) groups is 3. The van der Waals surface area contributed by atoms with E-state index in [1.165, 1.54) is 24.5 Å². The minimum atomic E-state index is -0.579. The Bertz CT molecular complexity index is 630. The minimum absolute atomic E-state index is 0.310. The van der Waals surface area contributed by atoms with Crippen LogP contribution in [-0.4, -0.2) is 24.5 Å². The van der Waals surface area contributed by atoms with Crippen LogP contribution in [0.2, 0.25) is 0 Å². The smallest absolute Gasteiger partial charge is 0.338 e. The Kier molecular flexibility index (Phi) is 14.5. The van der Waals surface area contributed by atoms with E-state index in [0.717, 1.165) is 25.0 Å². The predicted molar refractivity (Wildman–Crippen MR) is 111 cm³/mol. The standard InChI is InChI=1S/C11H20O2.C8H8.C4H2O3/c1-4-7-8-10(5-2)9-13-11(12)6-3;1-2-8-6-4-3-5-7-8;5-3-1-2-4(6)7-3/h6,10H,3-5,7-9H2,1-2H3;2-7H,1H2;1-2H. The van der Waals surface area contributed by atoms with Crippen LogP contribution in [-0.2, 0) is 23.9 Å². The third-order valence-corrected chi connectivity index (χ3v) is 3.76. The highest BCUT2D eigenvalue weighted by Gasteiger charge is 2.10. The lowest BCUT2D eigenvalue weighted by Gasteiger charge is -2.13.